The highest BCUT2D eigenvalue weighted by molar-refractivity contribution is 7.80. The van der Waals surface area contributed by atoms with Crippen LogP contribution in [0.25, 0.3) is 0 Å². The first-order chi connectivity index (χ1) is 13.4. The molecule has 13 nitrogen and oxygen atoms in total. The molecule has 0 aliphatic carbocycles. The molecule has 3 amide bonds. The normalized spacial score (nSPS) is 15.9. The Morgan fingerprint density at radius 3 is 1.90 bits per heavy atom. The van der Waals surface area contributed by atoms with Gasteiger partial charge in [0.25, 0.3) is 0 Å². The second-order valence-corrected chi connectivity index (χ2v) is 6.46. The highest BCUT2D eigenvalue weighted by Crippen LogP contribution is 1.99. The summed E-state index contributed by atoms with van der Waals surface area (Å²) in [5.74, 6) is -5.73. The number of carbonyl (C=O) groups excluding carboxylic acids is 3. The third kappa shape index (κ3) is 9.56. The van der Waals surface area contributed by atoms with Crippen molar-refractivity contribution in [3.8, 4) is 0 Å². The average Bonchev–Trinajstić information content (AvgIpc) is 2.64. The molecule has 0 aromatic carbocycles. The van der Waals surface area contributed by atoms with Crippen LogP contribution in [0.3, 0.4) is 0 Å². The summed E-state index contributed by atoms with van der Waals surface area (Å²) < 4.78 is 0. The van der Waals surface area contributed by atoms with Gasteiger partial charge in [-0.25, -0.2) is 4.79 Å². The minimum absolute atomic E-state index is 0.196. The zero-order valence-electron chi connectivity index (χ0n) is 15.6. The molecule has 0 saturated carbocycles. The van der Waals surface area contributed by atoms with E-state index >= 15 is 0 Å². The Morgan fingerprint density at radius 2 is 1.48 bits per heavy atom. The summed E-state index contributed by atoms with van der Waals surface area (Å²) in [6.07, 6.45) is -1.98. The first-order valence-corrected chi connectivity index (χ1v) is 9.08. The lowest BCUT2D eigenvalue weighted by molar-refractivity contribution is -0.145. The van der Waals surface area contributed by atoms with E-state index in [0.29, 0.717) is 0 Å². The number of aliphatic hydroxyl groups is 2. The summed E-state index contributed by atoms with van der Waals surface area (Å²) in [5.41, 5.74) is 5.51. The molecule has 0 aromatic rings. The van der Waals surface area contributed by atoms with Gasteiger partial charge in [0.05, 0.1) is 18.8 Å². The van der Waals surface area contributed by atoms with Crippen LogP contribution in [0.4, 0.5) is 0 Å². The number of nitrogens with two attached hydrogens (primary N) is 1. The molecule has 0 heterocycles. The average molecular weight is 438 g/mol. The van der Waals surface area contributed by atoms with Crippen LogP contribution in [0.2, 0.25) is 0 Å². The van der Waals surface area contributed by atoms with Crippen LogP contribution in [-0.2, 0) is 24.0 Å². The molecule has 0 spiro atoms. The second kappa shape index (κ2) is 12.9. The van der Waals surface area contributed by atoms with Gasteiger partial charge in [0.15, 0.2) is 6.04 Å². The molecule has 0 rings (SSSR count). The lowest BCUT2D eigenvalue weighted by Gasteiger charge is -2.24. The Balaban J connectivity index is 4.95. The molecule has 166 valence electrons. The Kier molecular flexibility index (Phi) is 11.8. The fourth-order valence-electron chi connectivity index (χ4n) is 1.99. The van der Waals surface area contributed by atoms with Crippen molar-refractivity contribution < 1.29 is 44.4 Å². The van der Waals surface area contributed by atoms with Crippen LogP contribution >= 0.6 is 12.6 Å². The Morgan fingerprint density at radius 1 is 0.966 bits per heavy atom. The molecule has 0 aromatic heterocycles. The second-order valence-electron chi connectivity index (χ2n) is 6.09. The zero-order valence-corrected chi connectivity index (χ0v) is 16.5. The molecule has 0 saturated heterocycles. The summed E-state index contributed by atoms with van der Waals surface area (Å²) in [6.45, 7) is 0.299. The number of carboxylic acid groups (broad SMARTS) is 2. The van der Waals surface area contributed by atoms with E-state index < -0.39 is 66.5 Å². The summed E-state index contributed by atoms with van der Waals surface area (Å²) >= 11 is 3.89. The molecule has 5 unspecified atom stereocenters. The van der Waals surface area contributed by atoms with E-state index in [9.17, 15) is 34.2 Å². The molecule has 0 fully saturated rings. The lowest BCUT2D eigenvalue weighted by Crippen LogP contribution is -2.59. The van der Waals surface area contributed by atoms with E-state index in [4.69, 9.17) is 15.9 Å². The Hall–Kier alpha value is -2.42. The first-order valence-electron chi connectivity index (χ1n) is 8.45. The van der Waals surface area contributed by atoms with Crippen molar-refractivity contribution in [1.82, 2.24) is 16.0 Å². The molecule has 0 aliphatic rings. The van der Waals surface area contributed by atoms with Gasteiger partial charge in [0.1, 0.15) is 12.1 Å². The number of carbonyl (C=O) groups is 5. The minimum Gasteiger partial charge on any atom is -0.481 e. The van der Waals surface area contributed by atoms with Gasteiger partial charge in [-0.3, -0.25) is 19.2 Å². The van der Waals surface area contributed by atoms with E-state index in [2.05, 4.69) is 23.3 Å². The molecule has 5 atom stereocenters. The highest BCUT2D eigenvalue weighted by Gasteiger charge is 2.31. The summed E-state index contributed by atoms with van der Waals surface area (Å²) in [5, 5.41) is 42.6. The molecule has 0 bridgehead atoms. The highest BCUT2D eigenvalue weighted by atomic mass is 32.1. The molecule has 0 aliphatic heterocycles. The molecular weight excluding hydrogens is 412 g/mol. The maximum atomic E-state index is 12.2. The van der Waals surface area contributed by atoms with Gasteiger partial charge in [-0.1, -0.05) is 0 Å². The van der Waals surface area contributed by atoms with Crippen LogP contribution in [-0.4, -0.2) is 92.7 Å². The Labute approximate surface area is 171 Å². The maximum Gasteiger partial charge on any atom is 0.328 e. The van der Waals surface area contributed by atoms with Crippen LogP contribution in [0.1, 0.15) is 19.8 Å². The van der Waals surface area contributed by atoms with Crippen LogP contribution in [0.15, 0.2) is 0 Å². The van der Waals surface area contributed by atoms with E-state index in [1.165, 1.54) is 0 Å². The van der Waals surface area contributed by atoms with E-state index in [0.717, 1.165) is 6.92 Å². The number of nitrogens with one attached hydrogen (secondary N) is 3. The number of aliphatic carboxylic acids is 2. The number of carboxylic acids is 2. The monoisotopic (exact) mass is 438 g/mol. The van der Waals surface area contributed by atoms with E-state index in [-0.39, 0.29) is 18.6 Å². The van der Waals surface area contributed by atoms with Gasteiger partial charge in [0, 0.05) is 12.2 Å². The summed E-state index contributed by atoms with van der Waals surface area (Å²) in [6, 6.07) is -5.69. The van der Waals surface area contributed by atoms with Crippen molar-refractivity contribution in [1.29, 1.82) is 0 Å². The minimum atomic E-state index is -1.62. The number of amides is 3. The molecule has 29 heavy (non-hydrogen) atoms. The van der Waals surface area contributed by atoms with Gasteiger partial charge >= 0.3 is 11.9 Å². The molecule has 9 N–H and O–H groups in total. The predicted molar refractivity (Wildman–Crippen MR) is 101 cm³/mol. The van der Waals surface area contributed by atoms with Crippen molar-refractivity contribution in [3.63, 3.8) is 0 Å². The predicted octanol–water partition coefficient (Wildman–Crippen LogP) is -3.98. The van der Waals surface area contributed by atoms with Crippen molar-refractivity contribution in [2.45, 2.75) is 50.0 Å². The topological polar surface area (TPSA) is 228 Å². The van der Waals surface area contributed by atoms with Gasteiger partial charge in [-0.15, -0.1) is 0 Å². The van der Waals surface area contributed by atoms with Crippen molar-refractivity contribution in [2.24, 2.45) is 5.73 Å². The van der Waals surface area contributed by atoms with Crippen LogP contribution in [0, 0.1) is 0 Å². The molecular formula is C15H26N4O9S. The number of hydrogen-bond acceptors (Lipinski definition) is 9. The van der Waals surface area contributed by atoms with Crippen LogP contribution in [0.5, 0.6) is 0 Å². The fraction of sp³-hybridized carbons (Fsp3) is 0.667. The fourth-order valence-corrected chi connectivity index (χ4v) is 2.25. The van der Waals surface area contributed by atoms with Crippen molar-refractivity contribution in [2.75, 3.05) is 12.4 Å². The van der Waals surface area contributed by atoms with E-state index in [1.54, 1.807) is 0 Å². The van der Waals surface area contributed by atoms with Crippen molar-refractivity contribution >= 4 is 42.3 Å². The van der Waals surface area contributed by atoms with Gasteiger partial charge < -0.3 is 42.1 Å². The number of rotatable bonds is 13. The van der Waals surface area contributed by atoms with Crippen molar-refractivity contribution in [3.05, 3.63) is 0 Å². The molecule has 14 heteroatoms. The quantitative estimate of drug-likeness (QED) is 0.127. The number of hydrogen-bond donors (Lipinski definition) is 9. The number of thiol groups is 1. The van der Waals surface area contributed by atoms with Crippen LogP contribution < -0.4 is 21.7 Å². The van der Waals surface area contributed by atoms with Gasteiger partial charge in [0.2, 0.25) is 17.7 Å². The standard InChI is InChI=1S/C15H26N4O9S/c1-6(21)11(15(27)28)19-14(26)9(5-29)18-13(25)8(4-20)17-12(24)7(16)2-3-10(22)23/h6-9,11,20-21,29H,2-5,16H2,1H3,(H,17,24)(H,18,25)(H,19,26)(H,22,23)(H,27,28). The van der Waals surface area contributed by atoms with Gasteiger partial charge in [-0.2, -0.15) is 12.6 Å². The lowest BCUT2D eigenvalue weighted by atomic mass is 10.1. The smallest absolute Gasteiger partial charge is 0.328 e. The van der Waals surface area contributed by atoms with Gasteiger partial charge in [-0.05, 0) is 13.3 Å². The third-order valence-electron chi connectivity index (χ3n) is 3.68. The van der Waals surface area contributed by atoms with E-state index in [1.807, 2.05) is 5.32 Å². The maximum absolute atomic E-state index is 12.2. The largest absolute Gasteiger partial charge is 0.481 e. The summed E-state index contributed by atoms with van der Waals surface area (Å²) in [4.78, 5) is 57.8. The first kappa shape index (κ1) is 26.6. The third-order valence-corrected chi connectivity index (χ3v) is 4.05. The number of aliphatic hydroxyl groups excluding tert-OH is 2. The summed E-state index contributed by atoms with van der Waals surface area (Å²) in [7, 11) is 0. The molecule has 0 radical (unpaired) electrons. The zero-order chi connectivity index (χ0) is 22.7. The Bertz CT molecular complexity index is 617. The SMILES string of the molecule is CC(O)C(NC(=O)C(CS)NC(=O)C(CO)NC(=O)C(N)CCC(=O)O)C(=O)O.